The number of carbonyl (C=O) groups excluding carboxylic acids is 1. The second-order valence-corrected chi connectivity index (χ2v) is 4.55. The number of hydrogen-bond donors (Lipinski definition) is 1. The molecule has 3 heteroatoms. The molecular weight excluding hydrogens is 194 g/mol. The van der Waals surface area contributed by atoms with Gasteiger partial charge in [0.15, 0.2) is 0 Å². The Bertz CT molecular complexity index is 196. The van der Waals surface area contributed by atoms with Gasteiger partial charge in [0.1, 0.15) is 0 Å². The maximum atomic E-state index is 11.3. The van der Waals surface area contributed by atoms with Crippen molar-refractivity contribution in [2.24, 2.45) is 5.92 Å². The van der Waals surface area contributed by atoms with Crippen LogP contribution in [-0.2, 0) is 0 Å². The molecule has 1 amide bonds. The molecule has 0 spiro atoms. The normalized spacial score (nSPS) is 27.4. The molecule has 0 aromatic carbocycles. The van der Waals surface area contributed by atoms with Crippen LogP contribution in [0, 0.1) is 5.92 Å². The van der Waals surface area contributed by atoms with Gasteiger partial charge in [-0.25, -0.2) is 0 Å². The summed E-state index contributed by atoms with van der Waals surface area (Å²) in [7, 11) is 0. The molecule has 2 atom stereocenters. The molecule has 14 heavy (non-hydrogen) atoms. The molecule has 0 N–H and O–H groups in total. The van der Waals surface area contributed by atoms with Gasteiger partial charge < -0.3 is 4.90 Å². The molecule has 0 aromatic rings. The van der Waals surface area contributed by atoms with Crippen LogP contribution in [0.2, 0.25) is 0 Å². The third-order valence-corrected chi connectivity index (χ3v) is 3.62. The molecule has 2 unspecified atom stereocenters. The molecule has 0 aromatic heterocycles. The van der Waals surface area contributed by atoms with E-state index in [-0.39, 0.29) is 5.24 Å². The summed E-state index contributed by atoms with van der Waals surface area (Å²) < 4.78 is 0. The molecule has 1 aliphatic rings. The minimum absolute atomic E-state index is 0.0609. The molecule has 0 radical (unpaired) electrons. The average molecular weight is 215 g/mol. The van der Waals surface area contributed by atoms with E-state index in [0.717, 1.165) is 18.9 Å². The summed E-state index contributed by atoms with van der Waals surface area (Å²) in [5, 5.41) is -0.0609. The van der Waals surface area contributed by atoms with Gasteiger partial charge in [-0.1, -0.05) is 38.8 Å². The molecule has 0 aliphatic heterocycles. The van der Waals surface area contributed by atoms with E-state index in [9.17, 15) is 4.79 Å². The zero-order valence-electron chi connectivity index (χ0n) is 9.20. The zero-order chi connectivity index (χ0) is 10.6. The molecule has 1 saturated carbocycles. The maximum absolute atomic E-state index is 11.3. The summed E-state index contributed by atoms with van der Waals surface area (Å²) in [4.78, 5) is 13.2. The average Bonchev–Trinajstić information content (AvgIpc) is 2.19. The largest absolute Gasteiger partial charge is 0.331 e. The smallest absolute Gasteiger partial charge is 0.278 e. The monoisotopic (exact) mass is 215 g/mol. The molecule has 0 saturated heterocycles. The fourth-order valence-electron chi connectivity index (χ4n) is 2.47. The minimum atomic E-state index is -0.0609. The fourth-order valence-corrected chi connectivity index (χ4v) is 2.77. The van der Waals surface area contributed by atoms with Crippen LogP contribution in [0.3, 0.4) is 0 Å². The van der Waals surface area contributed by atoms with Crippen molar-refractivity contribution in [1.82, 2.24) is 4.90 Å². The highest BCUT2D eigenvalue weighted by Crippen LogP contribution is 2.30. The first kappa shape index (κ1) is 11.9. The Balaban J connectivity index is 2.53. The van der Waals surface area contributed by atoms with Crippen LogP contribution >= 0.6 is 12.6 Å². The van der Waals surface area contributed by atoms with Crippen LogP contribution in [0.25, 0.3) is 0 Å². The third-order valence-electron chi connectivity index (χ3n) is 3.36. The molecule has 1 aliphatic carbocycles. The van der Waals surface area contributed by atoms with E-state index in [1.165, 1.54) is 25.7 Å². The van der Waals surface area contributed by atoms with Crippen LogP contribution in [0.15, 0.2) is 0 Å². The van der Waals surface area contributed by atoms with Crippen molar-refractivity contribution in [3.05, 3.63) is 0 Å². The Morgan fingerprint density at radius 3 is 2.64 bits per heavy atom. The molecule has 82 valence electrons. The third kappa shape index (κ3) is 2.91. The van der Waals surface area contributed by atoms with Gasteiger partial charge in [0.25, 0.3) is 5.24 Å². The van der Waals surface area contributed by atoms with Gasteiger partial charge >= 0.3 is 0 Å². The highest BCUT2D eigenvalue weighted by Gasteiger charge is 2.26. The molecule has 1 rings (SSSR count). The van der Waals surface area contributed by atoms with E-state index in [2.05, 4.69) is 19.6 Å². The molecular formula is C11H21NOS. The van der Waals surface area contributed by atoms with E-state index < -0.39 is 0 Å². The summed E-state index contributed by atoms with van der Waals surface area (Å²) in [6.07, 6.45) is 6.19. The second kappa shape index (κ2) is 5.64. The minimum Gasteiger partial charge on any atom is -0.331 e. The summed E-state index contributed by atoms with van der Waals surface area (Å²) >= 11 is 3.93. The molecule has 0 bridgehead atoms. The Morgan fingerprint density at radius 1 is 1.43 bits per heavy atom. The highest BCUT2D eigenvalue weighted by atomic mass is 32.1. The summed E-state index contributed by atoms with van der Waals surface area (Å²) in [5.74, 6) is 0.815. The maximum Gasteiger partial charge on any atom is 0.278 e. The van der Waals surface area contributed by atoms with Crippen LogP contribution in [0.4, 0.5) is 4.79 Å². The topological polar surface area (TPSA) is 20.3 Å². The van der Waals surface area contributed by atoms with Gasteiger partial charge in [-0.2, -0.15) is 0 Å². The fraction of sp³-hybridized carbons (Fsp3) is 0.909. The van der Waals surface area contributed by atoms with Crippen molar-refractivity contribution in [2.75, 3.05) is 6.54 Å². The number of hydrogen-bond acceptors (Lipinski definition) is 1. The van der Waals surface area contributed by atoms with E-state index in [0.29, 0.717) is 6.04 Å². The van der Waals surface area contributed by atoms with Crippen LogP contribution in [0.5, 0.6) is 0 Å². The number of amides is 1. The summed E-state index contributed by atoms with van der Waals surface area (Å²) in [5.41, 5.74) is 0. The van der Waals surface area contributed by atoms with Crippen LogP contribution in [-0.4, -0.2) is 22.7 Å². The predicted octanol–water partition coefficient (Wildman–Crippen LogP) is 3.33. The van der Waals surface area contributed by atoms with Crippen molar-refractivity contribution in [3.63, 3.8) is 0 Å². The lowest BCUT2D eigenvalue weighted by molar-refractivity contribution is 0.160. The standard InChI is InChI=1S/C11H21NOS/c1-3-9-6-5-7-10(8-9)12(4-2)11(13)14/h9-10H,3-8H2,1-2H3,(H,13,14). The van der Waals surface area contributed by atoms with Gasteiger partial charge in [0.2, 0.25) is 0 Å². The second-order valence-electron chi connectivity index (χ2n) is 4.16. The van der Waals surface area contributed by atoms with Crippen molar-refractivity contribution < 1.29 is 4.79 Å². The van der Waals surface area contributed by atoms with Gasteiger partial charge in [-0.15, -0.1) is 0 Å². The van der Waals surface area contributed by atoms with Gasteiger partial charge in [0.05, 0.1) is 0 Å². The Morgan fingerprint density at radius 2 is 2.14 bits per heavy atom. The van der Waals surface area contributed by atoms with Gasteiger partial charge in [-0.05, 0) is 25.7 Å². The SMILES string of the molecule is CCC1CCCC(N(CC)C(=O)S)C1. The van der Waals surface area contributed by atoms with Crippen LogP contribution < -0.4 is 0 Å². The first-order valence-corrected chi connectivity index (χ1v) is 6.13. The lowest BCUT2D eigenvalue weighted by Crippen LogP contribution is -2.40. The van der Waals surface area contributed by atoms with Crippen molar-refractivity contribution in [2.45, 2.75) is 52.0 Å². The molecule has 2 nitrogen and oxygen atoms in total. The van der Waals surface area contributed by atoms with E-state index in [4.69, 9.17) is 0 Å². The quantitative estimate of drug-likeness (QED) is 0.716. The molecule has 0 heterocycles. The highest BCUT2D eigenvalue weighted by molar-refractivity contribution is 7.96. The van der Waals surface area contributed by atoms with E-state index in [1.54, 1.807) is 0 Å². The summed E-state index contributed by atoms with van der Waals surface area (Å²) in [6.45, 7) is 5.07. The number of carbonyl (C=O) groups is 1. The lowest BCUT2D eigenvalue weighted by Gasteiger charge is -2.35. The van der Waals surface area contributed by atoms with Crippen molar-refractivity contribution in [3.8, 4) is 0 Å². The zero-order valence-corrected chi connectivity index (χ0v) is 10.1. The Hall–Kier alpha value is -0.180. The van der Waals surface area contributed by atoms with Gasteiger partial charge in [-0.3, -0.25) is 4.79 Å². The van der Waals surface area contributed by atoms with Gasteiger partial charge in [0, 0.05) is 12.6 Å². The molecule has 1 fully saturated rings. The van der Waals surface area contributed by atoms with Crippen molar-refractivity contribution >= 4 is 17.9 Å². The van der Waals surface area contributed by atoms with Crippen LogP contribution in [0.1, 0.15) is 46.0 Å². The Kier molecular flexibility index (Phi) is 4.79. The first-order chi connectivity index (χ1) is 6.69. The Labute approximate surface area is 92.5 Å². The number of nitrogens with zero attached hydrogens (tertiary/aromatic N) is 1. The summed E-state index contributed by atoms with van der Waals surface area (Å²) in [6, 6.07) is 0.448. The lowest BCUT2D eigenvalue weighted by atomic mass is 9.83. The first-order valence-electron chi connectivity index (χ1n) is 5.68. The number of rotatable bonds is 3. The number of thiol groups is 1. The van der Waals surface area contributed by atoms with Crippen molar-refractivity contribution in [1.29, 1.82) is 0 Å². The van der Waals surface area contributed by atoms with E-state index in [1.807, 2.05) is 11.8 Å². The predicted molar refractivity (Wildman–Crippen MR) is 62.8 cm³/mol. The van der Waals surface area contributed by atoms with E-state index >= 15 is 0 Å².